The summed E-state index contributed by atoms with van der Waals surface area (Å²) in [6, 6.07) is 13.6. The highest BCUT2D eigenvalue weighted by molar-refractivity contribution is 7.94. The molecule has 0 aromatic heterocycles. The summed E-state index contributed by atoms with van der Waals surface area (Å²) in [5.41, 5.74) is 1.30. The molecule has 1 saturated heterocycles. The van der Waals surface area contributed by atoms with Crippen molar-refractivity contribution in [2.24, 2.45) is 5.92 Å². The zero-order valence-corrected chi connectivity index (χ0v) is 15.5. The van der Waals surface area contributed by atoms with Gasteiger partial charge in [0.2, 0.25) is 15.9 Å². The Balaban J connectivity index is 1.79. The molecule has 1 atom stereocenters. The highest BCUT2D eigenvalue weighted by atomic mass is 35.5. The van der Waals surface area contributed by atoms with Gasteiger partial charge in [-0.25, -0.2) is 12.7 Å². The van der Waals surface area contributed by atoms with Crippen molar-refractivity contribution in [3.8, 4) is 0 Å². The Bertz CT molecular complexity index is 960. The fourth-order valence-corrected chi connectivity index (χ4v) is 4.85. The van der Waals surface area contributed by atoms with Gasteiger partial charge in [0.15, 0.2) is 0 Å². The molecule has 3 rings (SSSR count). The molecule has 0 spiro atoms. The van der Waals surface area contributed by atoms with E-state index in [1.54, 1.807) is 6.92 Å². The lowest BCUT2D eigenvalue weighted by molar-refractivity contribution is -0.119. The van der Waals surface area contributed by atoms with Gasteiger partial charge in [0.1, 0.15) is 0 Å². The first-order valence-corrected chi connectivity index (χ1v) is 9.97. The van der Waals surface area contributed by atoms with Crippen LogP contribution in [0.2, 0.25) is 5.02 Å². The normalized spacial score (nSPS) is 18.8. The molecule has 2 aromatic rings. The van der Waals surface area contributed by atoms with Crippen molar-refractivity contribution in [1.29, 1.82) is 0 Å². The molecule has 0 aliphatic carbocycles. The topological polar surface area (TPSA) is 83.6 Å². The smallest absolute Gasteiger partial charge is 0.253 e. The van der Waals surface area contributed by atoms with Gasteiger partial charge in [-0.3, -0.25) is 9.59 Å². The predicted octanol–water partition coefficient (Wildman–Crippen LogP) is 2.58. The summed E-state index contributed by atoms with van der Waals surface area (Å²) >= 11 is 6.17. The fraction of sp³-hybridized carbons (Fsp3) is 0.222. The van der Waals surface area contributed by atoms with Gasteiger partial charge in [-0.15, -0.1) is 0 Å². The van der Waals surface area contributed by atoms with E-state index >= 15 is 0 Å². The second-order valence-corrected chi connectivity index (χ2v) is 8.38. The molecule has 2 aromatic carbocycles. The molecule has 26 heavy (non-hydrogen) atoms. The van der Waals surface area contributed by atoms with Crippen molar-refractivity contribution in [2.45, 2.75) is 13.5 Å². The van der Waals surface area contributed by atoms with Gasteiger partial charge in [0.25, 0.3) is 5.91 Å². The molecule has 8 heteroatoms. The van der Waals surface area contributed by atoms with E-state index in [4.69, 9.17) is 11.6 Å². The maximum atomic E-state index is 12.3. The van der Waals surface area contributed by atoms with E-state index in [1.165, 1.54) is 18.2 Å². The molecule has 0 saturated carbocycles. The lowest BCUT2D eigenvalue weighted by atomic mass is 10.1. The van der Waals surface area contributed by atoms with Gasteiger partial charge in [0.05, 0.1) is 27.9 Å². The quantitative estimate of drug-likeness (QED) is 0.866. The summed E-state index contributed by atoms with van der Waals surface area (Å²) in [7, 11) is -3.71. The van der Waals surface area contributed by atoms with Crippen LogP contribution in [0.4, 0.5) is 5.69 Å². The molecular formula is C18H17ClN2O4S. The third-order valence-electron chi connectivity index (χ3n) is 4.09. The van der Waals surface area contributed by atoms with E-state index in [0.717, 1.165) is 9.87 Å². The summed E-state index contributed by atoms with van der Waals surface area (Å²) in [6.45, 7) is 1.90. The predicted molar refractivity (Wildman–Crippen MR) is 99.5 cm³/mol. The number of sulfonamides is 1. The molecular weight excluding hydrogens is 376 g/mol. The van der Waals surface area contributed by atoms with E-state index < -0.39 is 21.8 Å². The van der Waals surface area contributed by atoms with E-state index in [0.29, 0.717) is 6.54 Å². The summed E-state index contributed by atoms with van der Waals surface area (Å²) in [5.74, 6) is -1.72. The van der Waals surface area contributed by atoms with Crippen molar-refractivity contribution in [3.05, 3.63) is 64.7 Å². The van der Waals surface area contributed by atoms with Crippen LogP contribution in [0.25, 0.3) is 0 Å². The summed E-state index contributed by atoms with van der Waals surface area (Å²) < 4.78 is 25.1. The standard InChI is InChI=1S/C18H17ClN2O4S/c1-12-11-26(24,25)21(18(12)23)14-7-8-15(16(19)9-14)17(22)20-10-13-5-3-2-4-6-13/h2-9,12H,10-11H2,1H3,(H,20,22)/t12-/m1/s1. The van der Waals surface area contributed by atoms with E-state index in [9.17, 15) is 18.0 Å². The maximum Gasteiger partial charge on any atom is 0.253 e. The average Bonchev–Trinajstić information content (AvgIpc) is 2.80. The Hall–Kier alpha value is -2.38. The summed E-state index contributed by atoms with van der Waals surface area (Å²) in [4.78, 5) is 24.5. The number of anilines is 1. The monoisotopic (exact) mass is 392 g/mol. The first kappa shape index (κ1) is 18.4. The molecule has 1 heterocycles. The number of hydrogen-bond acceptors (Lipinski definition) is 4. The SMILES string of the molecule is C[C@@H]1CS(=O)(=O)N(c2ccc(C(=O)NCc3ccccc3)c(Cl)c2)C1=O. The number of carbonyl (C=O) groups excluding carboxylic acids is 2. The number of hydrogen-bond donors (Lipinski definition) is 1. The minimum absolute atomic E-state index is 0.0793. The molecule has 1 aliphatic heterocycles. The Labute approximate surface area is 156 Å². The highest BCUT2D eigenvalue weighted by Gasteiger charge is 2.42. The second kappa shape index (κ2) is 7.09. The van der Waals surface area contributed by atoms with Crippen LogP contribution < -0.4 is 9.62 Å². The van der Waals surface area contributed by atoms with E-state index in [1.807, 2.05) is 30.3 Å². The second-order valence-electron chi connectivity index (χ2n) is 6.11. The van der Waals surface area contributed by atoms with Gasteiger partial charge >= 0.3 is 0 Å². The van der Waals surface area contributed by atoms with E-state index in [-0.39, 0.29) is 27.9 Å². The zero-order valence-electron chi connectivity index (χ0n) is 14.0. The lowest BCUT2D eigenvalue weighted by Crippen LogP contribution is -2.30. The number of nitrogens with one attached hydrogen (secondary N) is 1. The van der Waals surface area contributed by atoms with Crippen LogP contribution in [0.5, 0.6) is 0 Å². The van der Waals surface area contributed by atoms with Gasteiger partial charge in [-0.05, 0) is 23.8 Å². The van der Waals surface area contributed by atoms with Crippen LogP contribution in [0.1, 0.15) is 22.8 Å². The zero-order chi connectivity index (χ0) is 18.9. The summed E-state index contributed by atoms with van der Waals surface area (Å²) in [5, 5.41) is 2.83. The fourth-order valence-electron chi connectivity index (χ4n) is 2.77. The molecule has 1 aliphatic rings. The molecule has 1 fully saturated rings. The Kier molecular flexibility index (Phi) is 5.02. The van der Waals surface area contributed by atoms with Gasteiger partial charge in [0, 0.05) is 6.54 Å². The molecule has 0 bridgehead atoms. The number of nitrogens with zero attached hydrogens (tertiary/aromatic N) is 1. The van der Waals surface area contributed by atoms with Crippen LogP contribution >= 0.6 is 11.6 Å². The van der Waals surface area contributed by atoms with Crippen LogP contribution in [-0.4, -0.2) is 26.0 Å². The third-order valence-corrected chi connectivity index (χ3v) is 6.27. The maximum absolute atomic E-state index is 12.3. The van der Waals surface area contributed by atoms with Crippen LogP contribution in [0.15, 0.2) is 48.5 Å². The third kappa shape index (κ3) is 3.59. The Morgan fingerprint density at radius 3 is 2.50 bits per heavy atom. The number of carbonyl (C=O) groups is 2. The van der Waals surface area contributed by atoms with Crippen molar-refractivity contribution >= 4 is 39.1 Å². The Morgan fingerprint density at radius 2 is 1.92 bits per heavy atom. The highest BCUT2D eigenvalue weighted by Crippen LogP contribution is 2.31. The van der Waals surface area contributed by atoms with Crippen molar-refractivity contribution in [3.63, 3.8) is 0 Å². The molecule has 0 unspecified atom stereocenters. The van der Waals surface area contributed by atoms with Crippen molar-refractivity contribution < 1.29 is 18.0 Å². The molecule has 2 amide bonds. The largest absolute Gasteiger partial charge is 0.348 e. The van der Waals surface area contributed by atoms with Crippen molar-refractivity contribution in [1.82, 2.24) is 5.32 Å². The van der Waals surface area contributed by atoms with Gasteiger partial charge in [-0.1, -0.05) is 48.9 Å². The Morgan fingerprint density at radius 1 is 1.23 bits per heavy atom. The first-order valence-electron chi connectivity index (χ1n) is 7.98. The minimum atomic E-state index is -3.71. The number of halogens is 1. The number of rotatable bonds is 4. The van der Waals surface area contributed by atoms with Crippen LogP contribution in [0.3, 0.4) is 0 Å². The van der Waals surface area contributed by atoms with Crippen molar-refractivity contribution in [2.75, 3.05) is 10.1 Å². The molecule has 0 radical (unpaired) electrons. The number of benzene rings is 2. The van der Waals surface area contributed by atoms with E-state index in [2.05, 4.69) is 5.32 Å². The minimum Gasteiger partial charge on any atom is -0.348 e. The molecule has 6 nitrogen and oxygen atoms in total. The average molecular weight is 393 g/mol. The summed E-state index contributed by atoms with van der Waals surface area (Å²) in [6.07, 6.45) is 0. The van der Waals surface area contributed by atoms with Crippen LogP contribution in [0, 0.1) is 5.92 Å². The van der Waals surface area contributed by atoms with Gasteiger partial charge in [-0.2, -0.15) is 0 Å². The molecule has 1 N–H and O–H groups in total. The van der Waals surface area contributed by atoms with Gasteiger partial charge < -0.3 is 5.32 Å². The first-order chi connectivity index (χ1) is 12.3. The lowest BCUT2D eigenvalue weighted by Gasteiger charge is -2.16. The molecule has 136 valence electrons. The number of amides is 2. The van der Waals surface area contributed by atoms with Crippen LogP contribution in [-0.2, 0) is 21.4 Å².